The van der Waals surface area contributed by atoms with Gasteiger partial charge in [-0.25, -0.2) is 9.48 Å². The summed E-state index contributed by atoms with van der Waals surface area (Å²) in [7, 11) is 1.50. The van der Waals surface area contributed by atoms with Crippen LogP contribution in [0.4, 0.5) is 5.69 Å². The van der Waals surface area contributed by atoms with Gasteiger partial charge in [-0.15, -0.1) is 0 Å². The lowest BCUT2D eigenvalue weighted by Crippen LogP contribution is -2.03. The molecule has 0 atom stereocenters. The smallest absolute Gasteiger partial charge is 0.343 e. The average Bonchev–Trinajstić information content (AvgIpc) is 2.64. The Labute approximate surface area is 113 Å². The summed E-state index contributed by atoms with van der Waals surface area (Å²) in [6.45, 7) is 1.52. The lowest BCUT2D eigenvalue weighted by molar-refractivity contribution is -0.385. The predicted octanol–water partition coefficient (Wildman–Crippen LogP) is 2.13. The Morgan fingerprint density at radius 3 is 2.70 bits per heavy atom. The van der Waals surface area contributed by atoms with Crippen LogP contribution in [0.5, 0.6) is 11.6 Å². The quantitative estimate of drug-likeness (QED) is 0.677. The van der Waals surface area contributed by atoms with Gasteiger partial charge in [0, 0.05) is 13.1 Å². The molecule has 0 amide bonds. The van der Waals surface area contributed by atoms with Gasteiger partial charge in [0.2, 0.25) is 11.6 Å². The van der Waals surface area contributed by atoms with Crippen LogP contribution in [0.25, 0.3) is 0 Å². The number of aromatic carboxylic acids is 1. The van der Waals surface area contributed by atoms with Crippen molar-refractivity contribution in [1.29, 1.82) is 0 Å². The highest BCUT2D eigenvalue weighted by Crippen LogP contribution is 2.33. The first-order chi connectivity index (χ1) is 9.41. The molecule has 1 aromatic carbocycles. The Kier molecular flexibility index (Phi) is 3.38. The van der Waals surface area contributed by atoms with Gasteiger partial charge >= 0.3 is 11.7 Å². The number of carbonyl (C=O) groups is 1. The van der Waals surface area contributed by atoms with Crippen molar-refractivity contribution in [1.82, 2.24) is 9.78 Å². The first-order valence-corrected chi connectivity index (χ1v) is 5.60. The molecular formula is C12H11N3O5. The Morgan fingerprint density at radius 1 is 1.45 bits per heavy atom. The number of hydrogen-bond acceptors (Lipinski definition) is 5. The number of aryl methyl sites for hydroxylation is 2. The van der Waals surface area contributed by atoms with Crippen LogP contribution in [0, 0.1) is 17.0 Å². The summed E-state index contributed by atoms with van der Waals surface area (Å²) in [6.07, 6.45) is 0. The zero-order valence-electron chi connectivity index (χ0n) is 10.7. The molecule has 1 N–H and O–H groups in total. The first-order valence-electron chi connectivity index (χ1n) is 5.60. The molecule has 8 nitrogen and oxygen atoms in total. The lowest BCUT2D eigenvalue weighted by Gasteiger charge is -2.07. The van der Waals surface area contributed by atoms with Crippen LogP contribution in [-0.2, 0) is 7.05 Å². The average molecular weight is 277 g/mol. The van der Waals surface area contributed by atoms with E-state index in [1.54, 1.807) is 6.07 Å². The number of nitro groups is 1. The molecule has 0 aliphatic carbocycles. The highest BCUT2D eigenvalue weighted by Gasteiger charge is 2.24. The van der Waals surface area contributed by atoms with E-state index in [2.05, 4.69) is 5.10 Å². The molecule has 0 aliphatic rings. The fraction of sp³-hybridized carbons (Fsp3) is 0.167. The summed E-state index contributed by atoms with van der Waals surface area (Å²) in [4.78, 5) is 21.5. The van der Waals surface area contributed by atoms with Gasteiger partial charge in [0.25, 0.3) is 0 Å². The molecule has 0 radical (unpaired) electrons. The molecule has 8 heteroatoms. The minimum absolute atomic E-state index is 0.0389. The number of benzene rings is 1. The molecule has 0 saturated heterocycles. The largest absolute Gasteiger partial charge is 0.477 e. The minimum atomic E-state index is -1.20. The Bertz CT molecular complexity index is 692. The number of nitro benzene ring substituents is 1. The van der Waals surface area contributed by atoms with Gasteiger partial charge in [0.05, 0.1) is 10.6 Å². The summed E-state index contributed by atoms with van der Waals surface area (Å²) in [6, 6.07) is 5.73. The minimum Gasteiger partial charge on any atom is -0.477 e. The zero-order valence-corrected chi connectivity index (χ0v) is 10.7. The maximum Gasteiger partial charge on any atom is 0.343 e. The van der Waals surface area contributed by atoms with Crippen LogP contribution in [0.2, 0.25) is 0 Å². The van der Waals surface area contributed by atoms with Gasteiger partial charge < -0.3 is 9.84 Å². The molecule has 0 saturated carbocycles. The van der Waals surface area contributed by atoms with E-state index >= 15 is 0 Å². The maximum absolute atomic E-state index is 11.2. The predicted molar refractivity (Wildman–Crippen MR) is 68.1 cm³/mol. The van der Waals surface area contributed by atoms with Gasteiger partial charge in [0.1, 0.15) is 5.56 Å². The molecule has 0 spiro atoms. The second kappa shape index (κ2) is 5.00. The number of aromatic nitrogens is 2. The maximum atomic E-state index is 11.2. The van der Waals surface area contributed by atoms with E-state index in [0.29, 0.717) is 0 Å². The zero-order chi connectivity index (χ0) is 14.9. The second-order valence-corrected chi connectivity index (χ2v) is 4.02. The highest BCUT2D eigenvalue weighted by atomic mass is 16.6. The van der Waals surface area contributed by atoms with Gasteiger partial charge in [-0.2, -0.15) is 5.10 Å². The van der Waals surface area contributed by atoms with Gasteiger partial charge in [-0.05, 0) is 13.0 Å². The SMILES string of the molecule is Cc1nn(C)c(Oc2ccccc2[N+](=O)[O-])c1C(=O)O. The molecule has 2 rings (SSSR count). The van der Waals surface area contributed by atoms with Crippen LogP contribution in [0.15, 0.2) is 24.3 Å². The van der Waals surface area contributed by atoms with E-state index in [4.69, 9.17) is 9.84 Å². The standard InChI is InChI=1S/C12H11N3O5/c1-7-10(12(16)17)11(14(2)13-7)20-9-6-4-3-5-8(9)15(18)19/h3-6H,1-2H3,(H,16,17). The van der Waals surface area contributed by atoms with E-state index in [1.165, 1.54) is 36.9 Å². The fourth-order valence-electron chi connectivity index (χ4n) is 1.80. The van der Waals surface area contributed by atoms with Gasteiger partial charge in [0.15, 0.2) is 0 Å². The number of rotatable bonds is 4. The van der Waals surface area contributed by atoms with E-state index in [1.807, 2.05) is 0 Å². The van der Waals surface area contributed by atoms with E-state index in [-0.39, 0.29) is 28.6 Å². The van der Waals surface area contributed by atoms with E-state index in [9.17, 15) is 14.9 Å². The van der Waals surface area contributed by atoms with E-state index < -0.39 is 10.9 Å². The summed E-state index contributed by atoms with van der Waals surface area (Å²) < 4.78 is 6.62. The second-order valence-electron chi connectivity index (χ2n) is 4.02. The molecular weight excluding hydrogens is 266 g/mol. The first kappa shape index (κ1) is 13.5. The number of carboxylic acids is 1. The Balaban J connectivity index is 2.51. The van der Waals surface area contributed by atoms with Crippen molar-refractivity contribution in [3.8, 4) is 11.6 Å². The van der Waals surface area contributed by atoms with Crippen molar-refractivity contribution in [2.24, 2.45) is 7.05 Å². The number of carboxylic acid groups (broad SMARTS) is 1. The normalized spacial score (nSPS) is 10.3. The molecule has 1 aromatic heterocycles. The van der Waals surface area contributed by atoms with Crippen molar-refractivity contribution < 1.29 is 19.6 Å². The summed E-state index contributed by atoms with van der Waals surface area (Å²) in [5, 5.41) is 24.0. The molecule has 0 aliphatic heterocycles. The molecule has 2 aromatic rings. The van der Waals surface area contributed by atoms with Gasteiger partial charge in [-0.3, -0.25) is 10.1 Å². The van der Waals surface area contributed by atoms with Crippen molar-refractivity contribution in [2.45, 2.75) is 6.92 Å². The molecule has 20 heavy (non-hydrogen) atoms. The van der Waals surface area contributed by atoms with Crippen molar-refractivity contribution in [3.63, 3.8) is 0 Å². The third-order valence-electron chi connectivity index (χ3n) is 2.65. The summed E-state index contributed by atoms with van der Waals surface area (Å²) in [5.74, 6) is -1.29. The highest BCUT2D eigenvalue weighted by molar-refractivity contribution is 5.91. The number of nitrogens with zero attached hydrogens (tertiary/aromatic N) is 3. The number of para-hydroxylation sites is 2. The van der Waals surface area contributed by atoms with Gasteiger partial charge in [-0.1, -0.05) is 12.1 Å². The van der Waals surface area contributed by atoms with E-state index in [0.717, 1.165) is 0 Å². The third-order valence-corrected chi connectivity index (χ3v) is 2.65. The molecule has 0 unspecified atom stereocenters. The van der Waals surface area contributed by atoms with Crippen molar-refractivity contribution in [2.75, 3.05) is 0 Å². The summed E-state index contributed by atoms with van der Waals surface area (Å²) in [5.41, 5.74) is -0.0954. The van der Waals surface area contributed by atoms with Crippen LogP contribution < -0.4 is 4.74 Å². The monoisotopic (exact) mass is 277 g/mol. The lowest BCUT2D eigenvalue weighted by atomic mass is 10.2. The molecule has 104 valence electrons. The third kappa shape index (κ3) is 2.30. The molecule has 0 fully saturated rings. The van der Waals surface area contributed by atoms with Crippen molar-refractivity contribution >= 4 is 11.7 Å². The molecule has 0 bridgehead atoms. The molecule has 1 heterocycles. The van der Waals surface area contributed by atoms with Crippen LogP contribution >= 0.6 is 0 Å². The summed E-state index contributed by atoms with van der Waals surface area (Å²) >= 11 is 0. The Morgan fingerprint density at radius 2 is 2.10 bits per heavy atom. The van der Waals surface area contributed by atoms with Crippen LogP contribution in [0.1, 0.15) is 16.1 Å². The Hall–Kier alpha value is -2.90. The fourth-order valence-corrected chi connectivity index (χ4v) is 1.80. The van der Waals surface area contributed by atoms with Crippen LogP contribution in [-0.4, -0.2) is 25.8 Å². The topological polar surface area (TPSA) is 107 Å². The van der Waals surface area contributed by atoms with Crippen molar-refractivity contribution in [3.05, 3.63) is 45.6 Å². The number of hydrogen-bond donors (Lipinski definition) is 1. The van der Waals surface area contributed by atoms with Crippen LogP contribution in [0.3, 0.4) is 0 Å². The number of ether oxygens (including phenoxy) is 1.